The molecule has 2 aromatic rings. The summed E-state index contributed by atoms with van der Waals surface area (Å²) in [6.07, 6.45) is 1.78. The second-order valence-electron chi connectivity index (χ2n) is 6.62. The zero-order chi connectivity index (χ0) is 20.9. The predicted molar refractivity (Wildman–Crippen MR) is 111 cm³/mol. The van der Waals surface area contributed by atoms with Crippen molar-refractivity contribution in [3.05, 3.63) is 48.0 Å². The smallest absolute Gasteiger partial charge is 0.255 e. The van der Waals surface area contributed by atoms with Crippen LogP contribution in [0.15, 0.2) is 47.4 Å². The van der Waals surface area contributed by atoms with E-state index in [4.69, 9.17) is 9.47 Å². The van der Waals surface area contributed by atoms with Gasteiger partial charge in [-0.25, -0.2) is 8.42 Å². The Morgan fingerprint density at radius 2 is 1.59 bits per heavy atom. The highest BCUT2D eigenvalue weighted by Gasteiger charge is 2.27. The molecule has 0 aromatic heterocycles. The molecule has 1 N–H and O–H groups in total. The minimum absolute atomic E-state index is 0.233. The third-order valence-corrected chi connectivity index (χ3v) is 6.53. The topological polar surface area (TPSA) is 84.9 Å². The van der Waals surface area contributed by atoms with Gasteiger partial charge < -0.3 is 14.8 Å². The fraction of sp³-hybridized carbons (Fsp3) is 0.381. The van der Waals surface area contributed by atoms with Crippen LogP contribution in [-0.2, 0) is 10.0 Å². The highest BCUT2D eigenvalue weighted by atomic mass is 32.2. The highest BCUT2D eigenvalue weighted by molar-refractivity contribution is 7.89. The summed E-state index contributed by atoms with van der Waals surface area (Å²) in [5.74, 6) is 0.778. The van der Waals surface area contributed by atoms with E-state index < -0.39 is 10.0 Å². The van der Waals surface area contributed by atoms with E-state index in [1.54, 1.807) is 30.3 Å². The van der Waals surface area contributed by atoms with Crippen molar-refractivity contribution in [1.82, 2.24) is 4.31 Å². The zero-order valence-electron chi connectivity index (χ0n) is 16.7. The summed E-state index contributed by atoms with van der Waals surface area (Å²) >= 11 is 0. The first kappa shape index (κ1) is 21.1. The minimum Gasteiger partial charge on any atom is -0.490 e. The number of anilines is 1. The number of rotatable bonds is 8. The van der Waals surface area contributed by atoms with Crippen LogP contribution in [-0.4, -0.2) is 44.9 Å². The average molecular weight is 419 g/mol. The van der Waals surface area contributed by atoms with Crippen molar-refractivity contribution in [2.24, 2.45) is 0 Å². The van der Waals surface area contributed by atoms with E-state index >= 15 is 0 Å². The van der Waals surface area contributed by atoms with Crippen LogP contribution in [0, 0.1) is 0 Å². The lowest BCUT2D eigenvalue weighted by molar-refractivity contribution is 0.102. The predicted octanol–water partition coefficient (Wildman–Crippen LogP) is 3.52. The number of benzene rings is 2. The minimum atomic E-state index is -3.47. The fourth-order valence-corrected chi connectivity index (χ4v) is 4.70. The van der Waals surface area contributed by atoms with Crippen molar-refractivity contribution < 1.29 is 22.7 Å². The molecule has 1 amide bonds. The van der Waals surface area contributed by atoms with Gasteiger partial charge in [0.2, 0.25) is 10.0 Å². The first-order valence-electron chi connectivity index (χ1n) is 9.77. The summed E-state index contributed by atoms with van der Waals surface area (Å²) in [7, 11) is -3.47. The molecule has 29 heavy (non-hydrogen) atoms. The maximum absolute atomic E-state index is 12.6. The molecule has 0 radical (unpaired) electrons. The molecule has 0 aliphatic carbocycles. The Labute approximate surface area is 171 Å². The molecule has 1 aliphatic heterocycles. The largest absolute Gasteiger partial charge is 0.490 e. The second kappa shape index (κ2) is 9.28. The summed E-state index contributed by atoms with van der Waals surface area (Å²) in [5, 5.41) is 2.78. The van der Waals surface area contributed by atoms with Gasteiger partial charge in [-0.1, -0.05) is 0 Å². The van der Waals surface area contributed by atoms with E-state index in [0.717, 1.165) is 12.8 Å². The van der Waals surface area contributed by atoms with Gasteiger partial charge in [-0.05, 0) is 69.2 Å². The highest BCUT2D eigenvalue weighted by Crippen LogP contribution is 2.29. The number of hydrogen-bond donors (Lipinski definition) is 1. The lowest BCUT2D eigenvalue weighted by Gasteiger charge is -2.16. The van der Waals surface area contributed by atoms with Crippen LogP contribution >= 0.6 is 0 Å². The first-order valence-corrected chi connectivity index (χ1v) is 11.2. The van der Waals surface area contributed by atoms with Gasteiger partial charge in [0.1, 0.15) is 0 Å². The normalized spacial score (nSPS) is 14.6. The van der Waals surface area contributed by atoms with Crippen molar-refractivity contribution in [1.29, 1.82) is 0 Å². The van der Waals surface area contributed by atoms with Gasteiger partial charge in [-0.2, -0.15) is 4.31 Å². The van der Waals surface area contributed by atoms with Crippen LogP contribution in [0.2, 0.25) is 0 Å². The van der Waals surface area contributed by atoms with E-state index in [9.17, 15) is 13.2 Å². The fourth-order valence-electron chi connectivity index (χ4n) is 3.18. The Morgan fingerprint density at radius 3 is 2.21 bits per heavy atom. The van der Waals surface area contributed by atoms with Crippen molar-refractivity contribution in [3.8, 4) is 11.5 Å². The number of amides is 1. The maximum atomic E-state index is 12.6. The zero-order valence-corrected chi connectivity index (χ0v) is 17.5. The van der Waals surface area contributed by atoms with Crippen molar-refractivity contribution in [3.63, 3.8) is 0 Å². The van der Waals surface area contributed by atoms with E-state index in [-0.39, 0.29) is 10.8 Å². The average Bonchev–Trinajstić information content (AvgIpc) is 3.26. The molecule has 3 rings (SSSR count). The number of nitrogens with one attached hydrogen (secondary N) is 1. The van der Waals surface area contributed by atoms with Crippen molar-refractivity contribution >= 4 is 21.6 Å². The molecule has 0 bridgehead atoms. The van der Waals surface area contributed by atoms with Crippen LogP contribution in [0.25, 0.3) is 0 Å². The first-order chi connectivity index (χ1) is 14.0. The molecule has 0 spiro atoms. The Bertz CT molecular complexity index is 952. The molecule has 0 unspecified atom stereocenters. The Kier molecular flexibility index (Phi) is 6.76. The van der Waals surface area contributed by atoms with Gasteiger partial charge in [-0.3, -0.25) is 4.79 Å². The number of ether oxygens (including phenoxy) is 2. The molecule has 1 saturated heterocycles. The summed E-state index contributed by atoms with van der Waals surface area (Å²) in [4.78, 5) is 12.8. The van der Waals surface area contributed by atoms with Gasteiger partial charge in [0.05, 0.1) is 18.1 Å². The van der Waals surface area contributed by atoms with E-state index in [2.05, 4.69) is 5.32 Å². The van der Waals surface area contributed by atoms with Gasteiger partial charge in [0.25, 0.3) is 5.91 Å². The van der Waals surface area contributed by atoms with E-state index in [1.165, 1.54) is 16.4 Å². The molecule has 0 saturated carbocycles. The Balaban J connectivity index is 1.73. The third kappa shape index (κ3) is 4.89. The van der Waals surface area contributed by atoms with Crippen LogP contribution in [0.4, 0.5) is 5.69 Å². The molecule has 2 aromatic carbocycles. The summed E-state index contributed by atoms with van der Waals surface area (Å²) in [6, 6.07) is 11.2. The molecule has 1 aliphatic rings. The van der Waals surface area contributed by atoms with E-state index in [0.29, 0.717) is 49.1 Å². The van der Waals surface area contributed by atoms with Crippen molar-refractivity contribution in [2.75, 3.05) is 31.6 Å². The third-order valence-electron chi connectivity index (χ3n) is 4.62. The standard InChI is InChI=1S/C21H26N2O5S/c1-3-27-19-12-7-16(15-20(19)28-4-2)21(24)22-17-8-10-18(11-9-17)29(25,26)23-13-5-6-14-23/h7-12,15H,3-6,13-14H2,1-2H3,(H,22,24). The summed E-state index contributed by atoms with van der Waals surface area (Å²) in [6.45, 7) is 5.81. The molecule has 1 heterocycles. The molecule has 156 valence electrons. The van der Waals surface area contributed by atoms with E-state index in [1.807, 2.05) is 13.8 Å². The molecule has 0 atom stereocenters. The molecular weight excluding hydrogens is 392 g/mol. The quantitative estimate of drug-likeness (QED) is 0.709. The number of sulfonamides is 1. The number of nitrogens with zero attached hydrogens (tertiary/aromatic N) is 1. The van der Waals surface area contributed by atoms with Gasteiger partial charge in [0, 0.05) is 24.3 Å². The van der Waals surface area contributed by atoms with Gasteiger partial charge in [0.15, 0.2) is 11.5 Å². The Hall–Kier alpha value is -2.58. The molecule has 1 fully saturated rings. The number of carbonyl (C=O) groups is 1. The molecule has 7 nitrogen and oxygen atoms in total. The van der Waals surface area contributed by atoms with Crippen LogP contribution in [0.1, 0.15) is 37.0 Å². The van der Waals surface area contributed by atoms with Gasteiger partial charge >= 0.3 is 0 Å². The SMILES string of the molecule is CCOc1ccc(C(=O)Nc2ccc(S(=O)(=O)N3CCCC3)cc2)cc1OCC. The van der Waals surface area contributed by atoms with Crippen LogP contribution in [0.5, 0.6) is 11.5 Å². The number of carbonyl (C=O) groups excluding carboxylic acids is 1. The molecular formula is C21H26N2O5S. The summed E-state index contributed by atoms with van der Waals surface area (Å²) in [5.41, 5.74) is 0.938. The monoisotopic (exact) mass is 418 g/mol. The Morgan fingerprint density at radius 1 is 0.966 bits per heavy atom. The van der Waals surface area contributed by atoms with Gasteiger partial charge in [-0.15, -0.1) is 0 Å². The lowest BCUT2D eigenvalue weighted by atomic mass is 10.2. The maximum Gasteiger partial charge on any atom is 0.255 e. The lowest BCUT2D eigenvalue weighted by Crippen LogP contribution is -2.27. The second-order valence-corrected chi connectivity index (χ2v) is 8.56. The van der Waals surface area contributed by atoms with Crippen molar-refractivity contribution in [2.45, 2.75) is 31.6 Å². The summed E-state index contributed by atoms with van der Waals surface area (Å²) < 4.78 is 37.7. The number of hydrogen-bond acceptors (Lipinski definition) is 5. The van der Waals surface area contributed by atoms with Crippen LogP contribution < -0.4 is 14.8 Å². The van der Waals surface area contributed by atoms with Crippen LogP contribution in [0.3, 0.4) is 0 Å². The molecule has 8 heteroatoms.